The van der Waals surface area contributed by atoms with Crippen LogP contribution in [0.1, 0.15) is 69.3 Å². The van der Waals surface area contributed by atoms with Crippen LogP contribution in [0.2, 0.25) is 0 Å². The molecule has 2 fully saturated rings. The number of carbonyl (C=O) groups is 4. The van der Waals surface area contributed by atoms with Crippen LogP contribution in [-0.4, -0.2) is 90.2 Å². The number of nitrogens with one attached hydrogen (secondary N) is 3. The number of benzene rings is 1. The van der Waals surface area contributed by atoms with Crippen molar-refractivity contribution in [2.45, 2.75) is 84.2 Å². The molecule has 0 spiro atoms. The Hall–Kier alpha value is -3.61. The van der Waals surface area contributed by atoms with Crippen LogP contribution in [0.15, 0.2) is 40.9 Å². The van der Waals surface area contributed by atoms with Gasteiger partial charge in [-0.3, -0.25) is 24.1 Å². The highest BCUT2D eigenvalue weighted by atomic mass is 16.6. The van der Waals surface area contributed by atoms with Crippen molar-refractivity contribution in [3.63, 3.8) is 0 Å². The van der Waals surface area contributed by atoms with Gasteiger partial charge >= 0.3 is 0 Å². The Morgan fingerprint density at radius 1 is 0.889 bits per heavy atom. The number of hydrogen-bond acceptors (Lipinski definition) is 9. The summed E-state index contributed by atoms with van der Waals surface area (Å²) in [6, 6.07) is 8.22. The Morgan fingerprint density at radius 3 is 2.11 bits per heavy atom. The highest BCUT2D eigenvalue weighted by Crippen LogP contribution is 2.29. The van der Waals surface area contributed by atoms with Gasteiger partial charge in [0.2, 0.25) is 11.8 Å². The molecule has 0 aliphatic carbocycles. The molecule has 3 N–H and O–H groups in total. The van der Waals surface area contributed by atoms with Gasteiger partial charge in [-0.05, 0) is 37.2 Å². The lowest BCUT2D eigenvalue weighted by Crippen LogP contribution is -2.57. The largest absolute Gasteiger partial charge is 0.379 e. The van der Waals surface area contributed by atoms with E-state index in [4.69, 9.17) is 14.0 Å². The molecule has 2 saturated heterocycles. The Kier molecular flexibility index (Phi) is 11.9. The SMILES string of the molecule is CC(C)CC(NC(=O)c1cc(CN2CCOCC2)on1)C(=O)N[C@@H](Cc1ccccc1)C(=O)N[C@@H](CC(C)C)C(=O)[C@@]1(C)CO1. The van der Waals surface area contributed by atoms with Crippen molar-refractivity contribution in [1.82, 2.24) is 26.0 Å². The molecular weight excluding hydrogens is 578 g/mol. The molecule has 12 heteroatoms. The van der Waals surface area contributed by atoms with E-state index in [1.807, 2.05) is 58.0 Å². The van der Waals surface area contributed by atoms with Gasteiger partial charge in [0.15, 0.2) is 17.2 Å². The molecule has 1 unspecified atom stereocenters. The lowest BCUT2D eigenvalue weighted by Gasteiger charge is -2.27. The van der Waals surface area contributed by atoms with E-state index in [1.54, 1.807) is 13.0 Å². The van der Waals surface area contributed by atoms with E-state index in [-0.39, 0.29) is 29.7 Å². The molecule has 12 nitrogen and oxygen atoms in total. The summed E-state index contributed by atoms with van der Waals surface area (Å²) in [5.74, 6) is -0.965. The van der Waals surface area contributed by atoms with E-state index >= 15 is 0 Å². The lowest BCUT2D eigenvalue weighted by molar-refractivity contribution is -0.133. The number of amides is 3. The van der Waals surface area contributed by atoms with Crippen LogP contribution >= 0.6 is 0 Å². The minimum Gasteiger partial charge on any atom is -0.379 e. The van der Waals surface area contributed by atoms with Crippen LogP contribution in [0, 0.1) is 11.8 Å². The summed E-state index contributed by atoms with van der Waals surface area (Å²) in [6.07, 6.45) is 0.970. The molecule has 0 bridgehead atoms. The maximum Gasteiger partial charge on any atom is 0.274 e. The van der Waals surface area contributed by atoms with Gasteiger partial charge in [0.1, 0.15) is 17.7 Å². The van der Waals surface area contributed by atoms with E-state index in [2.05, 4.69) is 26.0 Å². The molecule has 2 aliphatic heterocycles. The van der Waals surface area contributed by atoms with Gasteiger partial charge in [0.05, 0.1) is 32.4 Å². The Balaban J connectivity index is 1.47. The smallest absolute Gasteiger partial charge is 0.274 e. The zero-order valence-corrected chi connectivity index (χ0v) is 27.0. The van der Waals surface area contributed by atoms with Crippen molar-refractivity contribution in [1.29, 1.82) is 0 Å². The number of ketones is 1. The molecule has 4 atom stereocenters. The zero-order chi connectivity index (χ0) is 32.6. The van der Waals surface area contributed by atoms with Gasteiger partial charge in [-0.15, -0.1) is 0 Å². The Morgan fingerprint density at radius 2 is 1.49 bits per heavy atom. The van der Waals surface area contributed by atoms with Crippen LogP contribution in [0.5, 0.6) is 0 Å². The highest BCUT2D eigenvalue weighted by molar-refractivity contribution is 5.99. The molecule has 45 heavy (non-hydrogen) atoms. The number of Topliss-reactive ketones (excluding diaryl/α,β-unsaturated/α-hetero) is 1. The normalized spacial score (nSPS) is 20.3. The summed E-state index contributed by atoms with van der Waals surface area (Å²) < 4.78 is 16.2. The molecule has 246 valence electrons. The molecule has 2 aromatic rings. The van der Waals surface area contributed by atoms with Gasteiger partial charge in [-0.2, -0.15) is 0 Å². The summed E-state index contributed by atoms with van der Waals surface area (Å²) in [7, 11) is 0. The first-order chi connectivity index (χ1) is 21.4. The molecule has 2 aliphatic rings. The van der Waals surface area contributed by atoms with Crippen LogP contribution in [0.3, 0.4) is 0 Å². The maximum atomic E-state index is 13.7. The first-order valence-corrected chi connectivity index (χ1v) is 15.8. The average molecular weight is 626 g/mol. The summed E-state index contributed by atoms with van der Waals surface area (Å²) in [4.78, 5) is 56.0. The van der Waals surface area contributed by atoms with Crippen LogP contribution in [0.25, 0.3) is 0 Å². The lowest BCUT2D eigenvalue weighted by atomic mass is 9.93. The molecule has 1 aromatic carbocycles. The van der Waals surface area contributed by atoms with Crippen LogP contribution in [-0.2, 0) is 36.8 Å². The third-order valence-electron chi connectivity index (χ3n) is 7.96. The summed E-state index contributed by atoms with van der Waals surface area (Å²) in [6.45, 7) is 13.2. The van der Waals surface area contributed by atoms with Gasteiger partial charge in [0.25, 0.3) is 5.91 Å². The molecule has 0 radical (unpaired) electrons. The average Bonchev–Trinajstić information content (AvgIpc) is 3.58. The van der Waals surface area contributed by atoms with Gasteiger partial charge in [-0.25, -0.2) is 0 Å². The van der Waals surface area contributed by atoms with Crippen molar-refractivity contribution in [2.75, 3.05) is 32.9 Å². The molecule has 3 heterocycles. The van der Waals surface area contributed by atoms with Crippen molar-refractivity contribution in [2.24, 2.45) is 11.8 Å². The quantitative estimate of drug-likeness (QED) is 0.238. The number of nitrogens with zero attached hydrogens (tertiary/aromatic N) is 2. The van der Waals surface area contributed by atoms with E-state index < -0.39 is 41.4 Å². The first-order valence-electron chi connectivity index (χ1n) is 15.8. The highest BCUT2D eigenvalue weighted by Gasteiger charge is 2.50. The number of carbonyl (C=O) groups excluding carboxylic acids is 4. The predicted octanol–water partition coefficient (Wildman–Crippen LogP) is 2.27. The minimum absolute atomic E-state index is 0.0592. The molecule has 3 amide bonds. The number of morpholine rings is 1. The molecule has 4 rings (SSSR count). The third kappa shape index (κ3) is 10.2. The minimum atomic E-state index is -0.992. The van der Waals surface area contributed by atoms with Gasteiger partial charge < -0.3 is 29.9 Å². The second kappa shape index (κ2) is 15.6. The molecule has 0 saturated carbocycles. The fourth-order valence-corrected chi connectivity index (χ4v) is 5.33. The van der Waals surface area contributed by atoms with Crippen LogP contribution in [0.4, 0.5) is 0 Å². The topological polar surface area (TPSA) is 155 Å². The summed E-state index contributed by atoms with van der Waals surface area (Å²) in [5.41, 5.74) is 0.00660. The van der Waals surface area contributed by atoms with E-state index in [1.165, 1.54) is 0 Å². The Labute approximate surface area is 264 Å². The number of rotatable bonds is 16. The second-order valence-electron chi connectivity index (χ2n) is 13.0. The number of ether oxygens (including phenoxy) is 2. The zero-order valence-electron chi connectivity index (χ0n) is 27.0. The van der Waals surface area contributed by atoms with Gasteiger partial charge in [0, 0.05) is 25.6 Å². The Bertz CT molecular complexity index is 1300. The predicted molar refractivity (Wildman–Crippen MR) is 166 cm³/mol. The van der Waals surface area contributed by atoms with E-state index in [0.717, 1.165) is 18.7 Å². The monoisotopic (exact) mass is 625 g/mol. The first kappa shape index (κ1) is 34.3. The van der Waals surface area contributed by atoms with Crippen LogP contribution < -0.4 is 16.0 Å². The molecular formula is C33H47N5O7. The van der Waals surface area contributed by atoms with E-state index in [9.17, 15) is 19.2 Å². The van der Waals surface area contributed by atoms with Crippen molar-refractivity contribution in [3.8, 4) is 0 Å². The number of aromatic nitrogens is 1. The number of hydrogen-bond donors (Lipinski definition) is 3. The number of epoxide rings is 1. The van der Waals surface area contributed by atoms with Crippen molar-refractivity contribution >= 4 is 23.5 Å². The molecule has 1 aromatic heterocycles. The summed E-state index contributed by atoms with van der Waals surface area (Å²) >= 11 is 0. The van der Waals surface area contributed by atoms with Gasteiger partial charge in [-0.1, -0.05) is 63.2 Å². The fourth-order valence-electron chi connectivity index (χ4n) is 5.33. The summed E-state index contributed by atoms with van der Waals surface area (Å²) in [5, 5.41) is 12.5. The van der Waals surface area contributed by atoms with Crippen molar-refractivity contribution < 1.29 is 33.2 Å². The van der Waals surface area contributed by atoms with Crippen molar-refractivity contribution in [3.05, 3.63) is 53.4 Å². The fraction of sp³-hybridized carbons (Fsp3) is 0.606. The third-order valence-corrected chi connectivity index (χ3v) is 7.96. The van der Waals surface area contributed by atoms with E-state index in [0.29, 0.717) is 45.0 Å². The maximum absolute atomic E-state index is 13.7. The second-order valence-corrected chi connectivity index (χ2v) is 13.0. The standard InChI is InChI=1S/C33H47N5O7/c1-21(2)15-25(29(39)33(5)20-44-33)34-31(41)27(17-23-9-7-6-8-10-23)36-30(40)26(16-22(3)4)35-32(42)28-18-24(45-37-28)19-38-11-13-43-14-12-38/h6-10,18,21-22,25-27H,11-17,19-20H2,1-5H3,(H,34,41)(H,35,42)(H,36,40)/t25-,26?,27-,33+/m0/s1.